The van der Waals surface area contributed by atoms with Crippen LogP contribution in [0.25, 0.3) is 0 Å². The summed E-state index contributed by atoms with van der Waals surface area (Å²) < 4.78 is 74.4. The molecule has 0 saturated heterocycles. The van der Waals surface area contributed by atoms with Crippen LogP contribution >= 0.6 is 0 Å². The topological polar surface area (TPSA) is 61.8 Å². The molecule has 0 N–H and O–H groups in total. The van der Waals surface area contributed by atoms with Crippen molar-refractivity contribution in [3.05, 3.63) is 17.7 Å². The minimum absolute atomic E-state index is 0.0446. The number of methoxy groups -OCH3 is 2. The van der Waals surface area contributed by atoms with Gasteiger partial charge >= 0.3 is 15.6 Å². The van der Waals surface area contributed by atoms with Gasteiger partial charge in [-0.3, -0.25) is 0 Å². The lowest BCUT2D eigenvalue weighted by Gasteiger charge is -2.28. The zero-order chi connectivity index (χ0) is 16.5. The first kappa shape index (κ1) is 16.7. The van der Waals surface area contributed by atoms with Crippen molar-refractivity contribution in [1.29, 1.82) is 0 Å². The zero-order valence-corrected chi connectivity index (χ0v) is 12.8. The average Bonchev–Trinajstić information content (AvgIpc) is 2.35. The Hall–Kier alpha value is -1.64. The normalized spacial score (nSPS) is 16.0. The molecule has 5 nitrogen and oxygen atoms in total. The van der Waals surface area contributed by atoms with Crippen LogP contribution < -0.4 is 13.7 Å². The van der Waals surface area contributed by atoms with E-state index in [1.165, 1.54) is 20.3 Å². The van der Waals surface area contributed by atoms with Gasteiger partial charge in [0.1, 0.15) is 0 Å². The molecule has 1 fully saturated rings. The van der Waals surface area contributed by atoms with E-state index in [-0.39, 0.29) is 17.4 Å². The second kappa shape index (κ2) is 5.86. The number of hydrogen-bond acceptors (Lipinski definition) is 5. The molecular formula is C13H15F3O5S. The highest BCUT2D eigenvalue weighted by Gasteiger charge is 2.49. The lowest BCUT2D eigenvalue weighted by atomic mass is 9.79. The lowest BCUT2D eigenvalue weighted by molar-refractivity contribution is -0.0501. The minimum Gasteiger partial charge on any atom is -0.493 e. The SMILES string of the molecule is COc1ccc(C2CCC2)c(OC)c1OS(=O)(=O)C(F)(F)F. The van der Waals surface area contributed by atoms with E-state index < -0.39 is 21.4 Å². The molecule has 124 valence electrons. The van der Waals surface area contributed by atoms with Gasteiger partial charge in [-0.05, 0) is 24.8 Å². The third kappa shape index (κ3) is 2.94. The summed E-state index contributed by atoms with van der Waals surface area (Å²) in [5.41, 5.74) is -4.92. The summed E-state index contributed by atoms with van der Waals surface area (Å²) in [4.78, 5) is 0. The lowest BCUT2D eigenvalue weighted by Crippen LogP contribution is -2.28. The first-order chi connectivity index (χ1) is 10.2. The standard InChI is InChI=1S/C13H15F3O5S/c1-19-10-7-6-9(8-4-3-5-8)11(20-2)12(10)21-22(17,18)13(14,15)16/h6-8H,3-5H2,1-2H3. The van der Waals surface area contributed by atoms with Crippen molar-refractivity contribution in [2.45, 2.75) is 30.7 Å². The fourth-order valence-corrected chi connectivity index (χ4v) is 2.68. The monoisotopic (exact) mass is 340 g/mol. The summed E-state index contributed by atoms with van der Waals surface area (Å²) in [5, 5.41) is 0. The van der Waals surface area contributed by atoms with Gasteiger partial charge in [-0.2, -0.15) is 21.6 Å². The van der Waals surface area contributed by atoms with Crippen LogP contribution in [0.5, 0.6) is 17.2 Å². The predicted octanol–water partition coefficient (Wildman–Crippen LogP) is 3.20. The van der Waals surface area contributed by atoms with E-state index in [4.69, 9.17) is 9.47 Å². The van der Waals surface area contributed by atoms with Crippen LogP contribution in [0.2, 0.25) is 0 Å². The van der Waals surface area contributed by atoms with Gasteiger partial charge in [0.25, 0.3) is 0 Å². The zero-order valence-electron chi connectivity index (χ0n) is 11.9. The second-order valence-electron chi connectivity index (χ2n) is 4.83. The highest BCUT2D eigenvalue weighted by molar-refractivity contribution is 7.88. The van der Waals surface area contributed by atoms with Crippen LogP contribution in [0.3, 0.4) is 0 Å². The van der Waals surface area contributed by atoms with E-state index in [9.17, 15) is 21.6 Å². The van der Waals surface area contributed by atoms with Crippen LogP contribution in [-0.4, -0.2) is 28.1 Å². The van der Waals surface area contributed by atoms with E-state index in [0.29, 0.717) is 5.56 Å². The molecule has 1 aromatic carbocycles. The largest absolute Gasteiger partial charge is 0.534 e. The molecule has 0 aliphatic heterocycles. The summed E-state index contributed by atoms with van der Waals surface area (Å²) >= 11 is 0. The van der Waals surface area contributed by atoms with E-state index >= 15 is 0 Å². The van der Waals surface area contributed by atoms with Crippen LogP contribution in [0.15, 0.2) is 12.1 Å². The maximum atomic E-state index is 12.5. The van der Waals surface area contributed by atoms with Gasteiger partial charge in [0.15, 0.2) is 11.5 Å². The van der Waals surface area contributed by atoms with Gasteiger partial charge in [0.05, 0.1) is 14.2 Å². The van der Waals surface area contributed by atoms with Crippen LogP contribution in [-0.2, 0) is 10.1 Å². The van der Waals surface area contributed by atoms with Crippen molar-refractivity contribution in [1.82, 2.24) is 0 Å². The van der Waals surface area contributed by atoms with Crippen molar-refractivity contribution in [2.75, 3.05) is 14.2 Å². The highest BCUT2D eigenvalue weighted by Crippen LogP contribution is 2.49. The number of halogens is 3. The Bertz CT molecular complexity index is 650. The molecule has 9 heteroatoms. The highest BCUT2D eigenvalue weighted by atomic mass is 32.2. The average molecular weight is 340 g/mol. The Labute approximate surface area is 126 Å². The number of rotatable bonds is 5. The smallest absolute Gasteiger partial charge is 0.493 e. The van der Waals surface area contributed by atoms with Gasteiger partial charge in [0.2, 0.25) is 5.75 Å². The predicted molar refractivity (Wildman–Crippen MR) is 71.7 cm³/mol. The molecule has 0 spiro atoms. The Morgan fingerprint density at radius 3 is 2.14 bits per heavy atom. The third-order valence-corrected chi connectivity index (χ3v) is 4.51. The maximum absolute atomic E-state index is 12.5. The maximum Gasteiger partial charge on any atom is 0.534 e. The molecule has 1 saturated carbocycles. The number of ether oxygens (including phenoxy) is 2. The van der Waals surface area contributed by atoms with Crippen molar-refractivity contribution < 1.29 is 35.2 Å². The van der Waals surface area contributed by atoms with Crippen LogP contribution in [0.4, 0.5) is 13.2 Å². The molecule has 0 atom stereocenters. The summed E-state index contributed by atoms with van der Waals surface area (Å²) in [6.45, 7) is 0. The molecule has 0 amide bonds. The summed E-state index contributed by atoms with van der Waals surface area (Å²) in [6.07, 6.45) is 2.71. The third-order valence-electron chi connectivity index (χ3n) is 3.55. The van der Waals surface area contributed by atoms with Gasteiger partial charge in [-0.1, -0.05) is 12.5 Å². The molecule has 0 heterocycles. The van der Waals surface area contributed by atoms with E-state index in [0.717, 1.165) is 19.3 Å². The summed E-state index contributed by atoms with van der Waals surface area (Å²) in [5.74, 6) is -0.659. The molecule has 0 unspecified atom stereocenters. The van der Waals surface area contributed by atoms with Crippen LogP contribution in [0.1, 0.15) is 30.7 Å². The number of alkyl halides is 3. The van der Waals surface area contributed by atoms with Crippen molar-refractivity contribution in [3.63, 3.8) is 0 Å². The van der Waals surface area contributed by atoms with E-state index in [1.54, 1.807) is 6.07 Å². The van der Waals surface area contributed by atoms with Crippen LogP contribution in [0, 0.1) is 0 Å². The Morgan fingerprint density at radius 2 is 1.73 bits per heavy atom. The van der Waals surface area contributed by atoms with Crippen molar-refractivity contribution in [2.24, 2.45) is 0 Å². The first-order valence-electron chi connectivity index (χ1n) is 6.47. The minimum atomic E-state index is -5.81. The molecule has 1 aromatic rings. The van der Waals surface area contributed by atoms with E-state index in [2.05, 4.69) is 4.18 Å². The Balaban J connectivity index is 2.52. The molecule has 1 aliphatic rings. The second-order valence-corrected chi connectivity index (χ2v) is 6.37. The molecule has 22 heavy (non-hydrogen) atoms. The summed E-state index contributed by atoms with van der Waals surface area (Å²) in [6, 6.07) is 3.02. The van der Waals surface area contributed by atoms with E-state index in [1.807, 2.05) is 0 Å². The van der Waals surface area contributed by atoms with Crippen molar-refractivity contribution >= 4 is 10.1 Å². The molecule has 0 aromatic heterocycles. The fourth-order valence-electron chi connectivity index (χ4n) is 2.21. The fraction of sp³-hybridized carbons (Fsp3) is 0.538. The molecule has 1 aliphatic carbocycles. The van der Waals surface area contributed by atoms with Gasteiger partial charge in [0, 0.05) is 5.56 Å². The summed E-state index contributed by atoms with van der Waals surface area (Å²) in [7, 11) is -3.37. The van der Waals surface area contributed by atoms with Gasteiger partial charge in [-0.25, -0.2) is 0 Å². The number of hydrogen-bond donors (Lipinski definition) is 0. The van der Waals surface area contributed by atoms with Gasteiger partial charge < -0.3 is 13.7 Å². The number of benzene rings is 1. The molecule has 0 radical (unpaired) electrons. The van der Waals surface area contributed by atoms with Crippen molar-refractivity contribution in [3.8, 4) is 17.2 Å². The Kier molecular flexibility index (Phi) is 4.46. The molecule has 2 rings (SSSR count). The Morgan fingerprint density at radius 1 is 1.09 bits per heavy atom. The molecule has 0 bridgehead atoms. The van der Waals surface area contributed by atoms with Gasteiger partial charge in [-0.15, -0.1) is 0 Å². The first-order valence-corrected chi connectivity index (χ1v) is 7.87. The molecular weight excluding hydrogens is 325 g/mol. The quantitative estimate of drug-likeness (QED) is 0.608.